The highest BCUT2D eigenvalue weighted by Crippen LogP contribution is 2.12. The Kier molecular flexibility index (Phi) is 2.94. The zero-order chi connectivity index (χ0) is 8.23. The fourth-order valence-corrected chi connectivity index (χ4v) is 1.57. The molecule has 0 bridgehead atoms. The summed E-state index contributed by atoms with van der Waals surface area (Å²) in [7, 11) is 0. The molecule has 0 N–H and O–H groups in total. The average molecular weight is 172 g/mol. The molecule has 2 heterocycles. The first-order chi connectivity index (χ1) is 5.97. The van der Waals surface area contributed by atoms with Gasteiger partial charge < -0.3 is 4.74 Å². The summed E-state index contributed by atoms with van der Waals surface area (Å²) in [6, 6.07) is 0. The molecule has 0 unspecified atom stereocenters. The van der Waals surface area contributed by atoms with Gasteiger partial charge in [-0.1, -0.05) is 0 Å². The van der Waals surface area contributed by atoms with Crippen LogP contribution in [0.5, 0.6) is 0 Å². The van der Waals surface area contributed by atoms with Gasteiger partial charge in [0.25, 0.3) is 0 Å². The Labute approximate surface area is 73.0 Å². The van der Waals surface area contributed by atoms with Gasteiger partial charge >= 0.3 is 0 Å². The van der Waals surface area contributed by atoms with Gasteiger partial charge in [-0.05, 0) is 19.3 Å². The van der Waals surface area contributed by atoms with Crippen LogP contribution in [0.2, 0.25) is 0 Å². The molecule has 0 aromatic rings. The summed E-state index contributed by atoms with van der Waals surface area (Å²) in [6.45, 7) is 4.53. The van der Waals surface area contributed by atoms with E-state index >= 15 is 0 Å². The smallest absolute Gasteiger partial charge is 0.114 e. The Balaban J connectivity index is 1.80. The predicted octanol–water partition coefficient (Wildman–Crippen LogP) is 0.609. The molecule has 0 aliphatic carbocycles. The third kappa shape index (κ3) is 1.95. The van der Waals surface area contributed by atoms with Gasteiger partial charge in [0.2, 0.25) is 0 Å². The van der Waals surface area contributed by atoms with Crippen molar-refractivity contribution < 1.29 is 9.57 Å². The summed E-state index contributed by atoms with van der Waals surface area (Å²) in [5.74, 6) is 0. The zero-order valence-electron chi connectivity index (χ0n) is 7.37. The van der Waals surface area contributed by atoms with E-state index < -0.39 is 0 Å². The maximum Gasteiger partial charge on any atom is 0.114 e. The highest BCUT2D eigenvalue weighted by atomic mass is 16.7. The van der Waals surface area contributed by atoms with E-state index in [0.717, 1.165) is 32.7 Å². The molecule has 2 fully saturated rings. The van der Waals surface area contributed by atoms with E-state index in [1.165, 1.54) is 12.8 Å². The highest BCUT2D eigenvalue weighted by molar-refractivity contribution is 4.56. The van der Waals surface area contributed by atoms with Crippen molar-refractivity contribution >= 4 is 0 Å². The van der Waals surface area contributed by atoms with Crippen LogP contribution < -0.4 is 0 Å². The molecule has 70 valence electrons. The first kappa shape index (κ1) is 8.44. The summed E-state index contributed by atoms with van der Waals surface area (Å²) in [5.41, 5.74) is 0. The summed E-state index contributed by atoms with van der Waals surface area (Å²) in [6.07, 6.45) is 3.53. The third-order valence-electron chi connectivity index (χ3n) is 2.24. The minimum absolute atomic E-state index is 0.694. The fraction of sp³-hybridized carbons (Fsp3) is 1.00. The van der Waals surface area contributed by atoms with Crippen LogP contribution in [0.4, 0.5) is 0 Å². The first-order valence-corrected chi connectivity index (χ1v) is 4.70. The third-order valence-corrected chi connectivity index (χ3v) is 2.24. The van der Waals surface area contributed by atoms with Crippen molar-refractivity contribution in [2.75, 3.05) is 33.0 Å². The number of hydrazine groups is 1. The minimum Gasteiger partial charge on any atom is -0.365 e. The van der Waals surface area contributed by atoms with Crippen molar-refractivity contribution in [1.29, 1.82) is 0 Å². The molecule has 4 nitrogen and oxygen atoms in total. The van der Waals surface area contributed by atoms with Crippen LogP contribution in [0.25, 0.3) is 0 Å². The molecule has 4 heteroatoms. The summed E-state index contributed by atoms with van der Waals surface area (Å²) < 4.78 is 5.34. The molecular weight excluding hydrogens is 156 g/mol. The van der Waals surface area contributed by atoms with Crippen molar-refractivity contribution in [3.8, 4) is 0 Å². The molecule has 2 aliphatic rings. The van der Waals surface area contributed by atoms with Crippen molar-refractivity contribution in [3.05, 3.63) is 0 Å². The second kappa shape index (κ2) is 4.18. The molecule has 2 rings (SSSR count). The van der Waals surface area contributed by atoms with Gasteiger partial charge in [0, 0.05) is 19.7 Å². The highest BCUT2D eigenvalue weighted by Gasteiger charge is 2.20. The van der Waals surface area contributed by atoms with E-state index in [4.69, 9.17) is 9.57 Å². The standard InChI is InChI=1S/C8H16N2O2/c1-2-7-12-10(5-1)9-4-3-6-11-8-9/h1-8H2. The van der Waals surface area contributed by atoms with E-state index in [9.17, 15) is 0 Å². The van der Waals surface area contributed by atoms with Crippen LogP contribution in [-0.2, 0) is 9.57 Å². The van der Waals surface area contributed by atoms with Crippen molar-refractivity contribution in [3.63, 3.8) is 0 Å². The van der Waals surface area contributed by atoms with Gasteiger partial charge in [-0.15, -0.1) is 5.17 Å². The predicted molar refractivity (Wildman–Crippen MR) is 44.0 cm³/mol. The molecule has 0 spiro atoms. The van der Waals surface area contributed by atoms with Gasteiger partial charge in [0.05, 0.1) is 6.61 Å². The number of rotatable bonds is 1. The van der Waals surface area contributed by atoms with E-state index in [1.54, 1.807) is 0 Å². The van der Waals surface area contributed by atoms with Crippen molar-refractivity contribution in [1.82, 2.24) is 10.2 Å². The van der Waals surface area contributed by atoms with Crippen molar-refractivity contribution in [2.45, 2.75) is 19.3 Å². The number of hydrogen-bond acceptors (Lipinski definition) is 4. The van der Waals surface area contributed by atoms with Gasteiger partial charge in [-0.3, -0.25) is 4.84 Å². The Bertz CT molecular complexity index is 115. The number of ether oxygens (including phenoxy) is 1. The number of nitrogens with zero attached hydrogens (tertiary/aromatic N) is 2. The average Bonchev–Trinajstić information content (AvgIpc) is 2.21. The van der Waals surface area contributed by atoms with Gasteiger partial charge in [-0.2, -0.15) is 5.01 Å². The molecule has 0 aromatic heterocycles. The maximum atomic E-state index is 5.50. The Morgan fingerprint density at radius 3 is 2.58 bits per heavy atom. The second-order valence-corrected chi connectivity index (χ2v) is 3.24. The molecule has 2 saturated heterocycles. The molecule has 2 aliphatic heterocycles. The molecule has 0 saturated carbocycles. The van der Waals surface area contributed by atoms with E-state index in [-0.39, 0.29) is 0 Å². The second-order valence-electron chi connectivity index (χ2n) is 3.24. The maximum absolute atomic E-state index is 5.50. The van der Waals surface area contributed by atoms with Crippen LogP contribution in [0.3, 0.4) is 0 Å². The fourth-order valence-electron chi connectivity index (χ4n) is 1.57. The zero-order valence-corrected chi connectivity index (χ0v) is 7.37. The Morgan fingerprint density at radius 2 is 1.92 bits per heavy atom. The molecule has 12 heavy (non-hydrogen) atoms. The summed E-state index contributed by atoms with van der Waals surface area (Å²) in [5, 5.41) is 4.10. The Morgan fingerprint density at radius 1 is 0.917 bits per heavy atom. The lowest BCUT2D eigenvalue weighted by Gasteiger charge is -2.37. The molecular formula is C8H16N2O2. The topological polar surface area (TPSA) is 24.9 Å². The largest absolute Gasteiger partial charge is 0.365 e. The first-order valence-electron chi connectivity index (χ1n) is 4.70. The lowest BCUT2D eigenvalue weighted by molar-refractivity contribution is -0.325. The van der Waals surface area contributed by atoms with Crippen LogP contribution >= 0.6 is 0 Å². The molecule has 0 aromatic carbocycles. The molecule has 0 atom stereocenters. The molecule has 0 amide bonds. The van der Waals surface area contributed by atoms with Crippen LogP contribution in [-0.4, -0.2) is 43.2 Å². The van der Waals surface area contributed by atoms with E-state index in [2.05, 4.69) is 5.01 Å². The minimum atomic E-state index is 0.694. The van der Waals surface area contributed by atoms with E-state index in [1.807, 2.05) is 5.17 Å². The van der Waals surface area contributed by atoms with Gasteiger partial charge in [0.1, 0.15) is 6.73 Å². The SMILES string of the molecule is C1CCN(N2CCCOC2)OC1. The van der Waals surface area contributed by atoms with Crippen molar-refractivity contribution in [2.24, 2.45) is 0 Å². The number of hydroxylamine groups is 1. The van der Waals surface area contributed by atoms with Crippen LogP contribution in [0.15, 0.2) is 0 Å². The summed E-state index contributed by atoms with van der Waals surface area (Å²) >= 11 is 0. The lowest BCUT2D eigenvalue weighted by atomic mass is 10.3. The van der Waals surface area contributed by atoms with Crippen LogP contribution in [0, 0.1) is 0 Å². The van der Waals surface area contributed by atoms with E-state index in [0.29, 0.717) is 6.73 Å². The quantitative estimate of drug-likeness (QED) is 0.578. The summed E-state index contributed by atoms with van der Waals surface area (Å²) in [4.78, 5) is 5.50. The van der Waals surface area contributed by atoms with Gasteiger partial charge in [0.15, 0.2) is 0 Å². The monoisotopic (exact) mass is 172 g/mol. The van der Waals surface area contributed by atoms with Crippen LogP contribution in [0.1, 0.15) is 19.3 Å². The number of hydrogen-bond donors (Lipinski definition) is 0. The Hall–Kier alpha value is -0.160. The molecule has 0 radical (unpaired) electrons. The van der Waals surface area contributed by atoms with Gasteiger partial charge in [-0.25, -0.2) is 0 Å². The lowest BCUT2D eigenvalue weighted by Crippen LogP contribution is -2.48. The normalized spacial score (nSPS) is 29.0.